The molecule has 3 rings (SSSR count). The molecule has 0 radical (unpaired) electrons. The smallest absolute Gasteiger partial charge is 0.340 e. The quantitative estimate of drug-likeness (QED) is 0.795. The minimum Gasteiger partial charge on any atom is -0.465 e. The van der Waals surface area contributed by atoms with Crippen molar-refractivity contribution in [1.82, 2.24) is 0 Å². The van der Waals surface area contributed by atoms with Crippen LogP contribution >= 0.6 is 0 Å². The first-order valence-electron chi connectivity index (χ1n) is 8.92. The van der Waals surface area contributed by atoms with Crippen LogP contribution in [-0.4, -0.2) is 37.0 Å². The molecule has 0 saturated carbocycles. The van der Waals surface area contributed by atoms with E-state index in [4.69, 9.17) is 4.74 Å². The lowest BCUT2D eigenvalue weighted by molar-refractivity contribution is -0.125. The molecule has 0 aliphatic carbocycles. The number of benzene rings is 2. The number of carbonyl (C=O) groups excluding carboxylic acids is 3. The Hall–Kier alpha value is -3.35. The van der Waals surface area contributed by atoms with Crippen molar-refractivity contribution in [2.75, 3.05) is 29.2 Å². The number of anilines is 3. The van der Waals surface area contributed by atoms with Crippen molar-refractivity contribution in [3.05, 3.63) is 53.6 Å². The second kappa shape index (κ2) is 7.34. The van der Waals surface area contributed by atoms with Gasteiger partial charge in [-0.25, -0.2) is 4.79 Å². The molecule has 1 aliphatic heterocycles. The first-order valence-corrected chi connectivity index (χ1v) is 8.92. The van der Waals surface area contributed by atoms with Gasteiger partial charge >= 0.3 is 5.97 Å². The third-order valence-electron chi connectivity index (χ3n) is 4.85. The molecule has 0 atom stereocenters. The molecular formula is C21H23N3O4. The monoisotopic (exact) mass is 381 g/mol. The standard InChI is InChI=1S/C21H23N3O4/c1-13-8-7-10-15(18(13)19(26)28-4)22-12-17(25)24-16-11-6-5-9-14(16)23-20(27)21(24,2)3/h5-11,22H,12H2,1-4H3,(H,23,27). The molecular weight excluding hydrogens is 358 g/mol. The molecule has 2 aromatic carbocycles. The van der Waals surface area contributed by atoms with Gasteiger partial charge in [-0.1, -0.05) is 24.3 Å². The molecule has 0 saturated heterocycles. The fourth-order valence-electron chi connectivity index (χ4n) is 3.34. The molecule has 0 bridgehead atoms. The number of fused-ring (bicyclic) bond motifs is 1. The maximum Gasteiger partial charge on any atom is 0.340 e. The van der Waals surface area contributed by atoms with Crippen LogP contribution in [0.4, 0.5) is 17.1 Å². The van der Waals surface area contributed by atoms with Gasteiger partial charge in [-0.05, 0) is 44.5 Å². The van der Waals surface area contributed by atoms with Gasteiger partial charge in [0.2, 0.25) is 11.8 Å². The van der Waals surface area contributed by atoms with Gasteiger partial charge in [0.05, 0.1) is 30.6 Å². The number of nitrogens with one attached hydrogen (secondary N) is 2. The van der Waals surface area contributed by atoms with E-state index in [9.17, 15) is 14.4 Å². The molecule has 2 aromatic rings. The van der Waals surface area contributed by atoms with Crippen molar-refractivity contribution in [3.63, 3.8) is 0 Å². The summed E-state index contributed by atoms with van der Waals surface area (Å²) < 4.78 is 4.85. The molecule has 7 heteroatoms. The molecule has 146 valence electrons. The Morgan fingerprint density at radius 3 is 2.57 bits per heavy atom. The van der Waals surface area contributed by atoms with E-state index in [2.05, 4.69) is 10.6 Å². The molecule has 28 heavy (non-hydrogen) atoms. The minimum atomic E-state index is -1.05. The molecule has 0 fully saturated rings. The first kappa shape index (κ1) is 19.4. The van der Waals surface area contributed by atoms with Crippen LogP contribution in [0.1, 0.15) is 29.8 Å². The average Bonchev–Trinajstić information content (AvgIpc) is 2.66. The molecule has 2 amide bonds. The number of ether oxygens (including phenoxy) is 1. The second-order valence-electron chi connectivity index (χ2n) is 7.10. The fourth-order valence-corrected chi connectivity index (χ4v) is 3.34. The highest BCUT2D eigenvalue weighted by Crippen LogP contribution is 2.36. The third-order valence-corrected chi connectivity index (χ3v) is 4.85. The minimum absolute atomic E-state index is 0.0848. The fraction of sp³-hybridized carbons (Fsp3) is 0.286. The zero-order valence-corrected chi connectivity index (χ0v) is 16.3. The van der Waals surface area contributed by atoms with Crippen molar-refractivity contribution in [3.8, 4) is 0 Å². The molecule has 2 N–H and O–H groups in total. The highest BCUT2D eigenvalue weighted by molar-refractivity contribution is 6.14. The van der Waals surface area contributed by atoms with Gasteiger partial charge in [0.1, 0.15) is 5.54 Å². The summed E-state index contributed by atoms with van der Waals surface area (Å²) in [5, 5.41) is 5.86. The maximum absolute atomic E-state index is 13.1. The van der Waals surface area contributed by atoms with Crippen LogP contribution in [0.3, 0.4) is 0 Å². The summed E-state index contributed by atoms with van der Waals surface area (Å²) in [6.45, 7) is 5.11. The van der Waals surface area contributed by atoms with E-state index < -0.39 is 11.5 Å². The number of para-hydroxylation sites is 2. The van der Waals surface area contributed by atoms with Crippen molar-refractivity contribution in [1.29, 1.82) is 0 Å². The molecule has 1 heterocycles. The highest BCUT2D eigenvalue weighted by atomic mass is 16.5. The number of esters is 1. The lowest BCUT2D eigenvalue weighted by atomic mass is 9.96. The Labute approximate surface area is 163 Å². The Bertz CT molecular complexity index is 952. The number of methoxy groups -OCH3 is 1. The number of carbonyl (C=O) groups is 3. The van der Waals surface area contributed by atoms with E-state index in [1.807, 2.05) is 6.07 Å². The van der Waals surface area contributed by atoms with E-state index in [0.29, 0.717) is 22.6 Å². The van der Waals surface area contributed by atoms with E-state index in [1.54, 1.807) is 57.2 Å². The SMILES string of the molecule is COC(=O)c1c(C)cccc1NCC(=O)N1c2ccccc2NC(=O)C1(C)C. The van der Waals surface area contributed by atoms with Gasteiger partial charge in [0, 0.05) is 5.69 Å². The predicted octanol–water partition coefficient (Wildman–Crippen LogP) is 2.96. The van der Waals surface area contributed by atoms with Crippen molar-refractivity contribution in [2.24, 2.45) is 0 Å². The summed E-state index contributed by atoms with van der Waals surface area (Å²) in [6, 6.07) is 12.5. The van der Waals surface area contributed by atoms with Crippen LogP contribution in [0.25, 0.3) is 0 Å². The highest BCUT2D eigenvalue weighted by Gasteiger charge is 2.43. The van der Waals surface area contributed by atoms with Gasteiger partial charge in [-0.2, -0.15) is 0 Å². The normalized spacial score (nSPS) is 14.7. The van der Waals surface area contributed by atoms with Gasteiger partial charge < -0.3 is 15.4 Å². The first-order chi connectivity index (χ1) is 13.3. The molecule has 7 nitrogen and oxygen atoms in total. The van der Waals surface area contributed by atoms with Crippen molar-refractivity contribution < 1.29 is 19.1 Å². The van der Waals surface area contributed by atoms with Gasteiger partial charge in [-0.3, -0.25) is 14.5 Å². The maximum atomic E-state index is 13.1. The molecule has 0 aromatic heterocycles. The lowest BCUT2D eigenvalue weighted by Gasteiger charge is -2.42. The molecule has 0 unspecified atom stereocenters. The van der Waals surface area contributed by atoms with Crippen LogP contribution in [0.5, 0.6) is 0 Å². The Balaban J connectivity index is 1.89. The average molecular weight is 381 g/mol. The number of hydrogen-bond acceptors (Lipinski definition) is 5. The molecule has 0 spiro atoms. The van der Waals surface area contributed by atoms with Crippen LogP contribution in [0, 0.1) is 6.92 Å². The van der Waals surface area contributed by atoms with Crippen LogP contribution in [-0.2, 0) is 14.3 Å². The van der Waals surface area contributed by atoms with E-state index in [1.165, 1.54) is 12.0 Å². The van der Waals surface area contributed by atoms with Gasteiger partial charge in [-0.15, -0.1) is 0 Å². The number of hydrogen-bond donors (Lipinski definition) is 2. The summed E-state index contributed by atoms with van der Waals surface area (Å²) in [7, 11) is 1.31. The number of amides is 2. The third kappa shape index (κ3) is 3.31. The predicted molar refractivity (Wildman–Crippen MR) is 108 cm³/mol. The number of nitrogens with zero attached hydrogens (tertiary/aromatic N) is 1. The van der Waals surface area contributed by atoms with E-state index in [-0.39, 0.29) is 18.4 Å². The van der Waals surface area contributed by atoms with Gasteiger partial charge in [0.25, 0.3) is 0 Å². The van der Waals surface area contributed by atoms with E-state index >= 15 is 0 Å². The zero-order valence-electron chi connectivity index (χ0n) is 16.3. The van der Waals surface area contributed by atoms with Crippen LogP contribution in [0.15, 0.2) is 42.5 Å². The Morgan fingerprint density at radius 1 is 1.14 bits per heavy atom. The Morgan fingerprint density at radius 2 is 1.86 bits per heavy atom. The van der Waals surface area contributed by atoms with Crippen LogP contribution in [0.2, 0.25) is 0 Å². The molecule has 1 aliphatic rings. The summed E-state index contributed by atoms with van der Waals surface area (Å²) in [4.78, 5) is 39.2. The van der Waals surface area contributed by atoms with Gasteiger partial charge in [0.15, 0.2) is 0 Å². The summed E-state index contributed by atoms with van der Waals surface area (Å²) in [5.74, 6) is -1.02. The van der Waals surface area contributed by atoms with Crippen molar-refractivity contribution in [2.45, 2.75) is 26.3 Å². The Kier molecular flexibility index (Phi) is 5.09. The zero-order chi connectivity index (χ0) is 20.5. The number of aryl methyl sites for hydroxylation is 1. The number of rotatable bonds is 4. The van der Waals surface area contributed by atoms with E-state index in [0.717, 1.165) is 5.56 Å². The van der Waals surface area contributed by atoms with Crippen molar-refractivity contribution >= 4 is 34.8 Å². The topological polar surface area (TPSA) is 87.7 Å². The largest absolute Gasteiger partial charge is 0.465 e. The summed E-state index contributed by atoms with van der Waals surface area (Å²) >= 11 is 0. The summed E-state index contributed by atoms with van der Waals surface area (Å²) in [6.07, 6.45) is 0. The van der Waals surface area contributed by atoms with Crippen LogP contribution < -0.4 is 15.5 Å². The second-order valence-corrected chi connectivity index (χ2v) is 7.10. The lowest BCUT2D eigenvalue weighted by Crippen LogP contribution is -2.59. The summed E-state index contributed by atoms with van der Waals surface area (Å²) in [5.41, 5.74) is 1.81.